The quantitative estimate of drug-likeness (QED) is 0.122. The molecule has 248 valence electrons. The van der Waals surface area contributed by atoms with Gasteiger partial charge in [0.15, 0.2) is 5.75 Å². The zero-order chi connectivity index (χ0) is 34.3. The van der Waals surface area contributed by atoms with E-state index in [-0.39, 0.29) is 18.7 Å². The van der Waals surface area contributed by atoms with Crippen LogP contribution in [0.4, 0.5) is 0 Å². The van der Waals surface area contributed by atoms with Gasteiger partial charge in [0.2, 0.25) is 5.91 Å². The summed E-state index contributed by atoms with van der Waals surface area (Å²) in [5, 5.41) is 8.05. The van der Waals surface area contributed by atoms with Crippen molar-refractivity contribution in [3.63, 3.8) is 0 Å². The summed E-state index contributed by atoms with van der Waals surface area (Å²) < 4.78 is 0. The maximum Gasteiger partial charge on any atom is 0.275 e. The summed E-state index contributed by atoms with van der Waals surface area (Å²) in [6, 6.07) is 30.5. The molecule has 0 spiro atoms. The Morgan fingerprint density at radius 3 is 2.24 bits per heavy atom. The van der Waals surface area contributed by atoms with Crippen LogP contribution in [0.5, 0.6) is 5.75 Å². The van der Waals surface area contributed by atoms with Crippen LogP contribution < -0.4 is 15.6 Å². The fourth-order valence-corrected chi connectivity index (χ4v) is 6.67. The van der Waals surface area contributed by atoms with Crippen molar-refractivity contribution in [2.24, 2.45) is 0 Å². The number of aromatic nitrogens is 1. The Labute approximate surface area is 289 Å². The van der Waals surface area contributed by atoms with E-state index in [1.165, 1.54) is 4.90 Å². The number of carbonyl (C=O) groups is 3. The minimum absolute atomic E-state index is 0.191. The van der Waals surface area contributed by atoms with E-state index in [1.54, 1.807) is 42.6 Å². The van der Waals surface area contributed by atoms with E-state index in [4.69, 9.17) is 4.84 Å². The molecule has 0 radical (unpaired) electrons. The van der Waals surface area contributed by atoms with E-state index in [2.05, 4.69) is 27.2 Å². The van der Waals surface area contributed by atoms with Gasteiger partial charge in [-0.3, -0.25) is 14.4 Å². The molecule has 0 aliphatic heterocycles. The number of fused-ring (bicyclic) bond motifs is 1. The van der Waals surface area contributed by atoms with Crippen molar-refractivity contribution in [1.29, 1.82) is 0 Å². The molecular formula is C40H38N4O4S. The molecule has 0 fully saturated rings. The number of nitrogens with zero attached hydrogens (tertiary/aromatic N) is 1. The molecular weight excluding hydrogens is 633 g/mol. The van der Waals surface area contributed by atoms with Gasteiger partial charge in [-0.2, -0.15) is 16.8 Å². The highest BCUT2D eigenvalue weighted by atomic mass is 32.1. The third-order valence-corrected chi connectivity index (χ3v) is 9.22. The summed E-state index contributed by atoms with van der Waals surface area (Å²) in [5.74, 6) is -0.811. The number of amides is 3. The van der Waals surface area contributed by atoms with Gasteiger partial charge in [-0.05, 0) is 83.3 Å². The Kier molecular flexibility index (Phi) is 10.2. The molecule has 0 unspecified atom stereocenters. The lowest BCUT2D eigenvalue weighted by Gasteiger charge is -2.29. The Hall–Kier alpha value is -5.67. The first kappa shape index (κ1) is 33.2. The molecule has 4 aromatic carbocycles. The third-order valence-electron chi connectivity index (χ3n) is 8.54. The summed E-state index contributed by atoms with van der Waals surface area (Å²) in [7, 11) is 1.64. The predicted molar refractivity (Wildman–Crippen MR) is 194 cm³/mol. The van der Waals surface area contributed by atoms with Gasteiger partial charge in [-0.1, -0.05) is 77.9 Å². The summed E-state index contributed by atoms with van der Waals surface area (Å²) in [6.07, 6.45) is 2.28. The van der Waals surface area contributed by atoms with Crippen LogP contribution in [-0.2, 0) is 22.4 Å². The molecule has 2 atom stereocenters. The van der Waals surface area contributed by atoms with Gasteiger partial charge in [-0.25, -0.2) is 0 Å². The zero-order valence-corrected chi connectivity index (χ0v) is 28.4. The lowest BCUT2D eigenvalue weighted by atomic mass is 9.99. The van der Waals surface area contributed by atoms with Crippen LogP contribution in [0.3, 0.4) is 0 Å². The van der Waals surface area contributed by atoms with Gasteiger partial charge < -0.3 is 20.0 Å². The van der Waals surface area contributed by atoms with E-state index in [1.807, 2.05) is 98.2 Å². The van der Waals surface area contributed by atoms with Crippen molar-refractivity contribution in [1.82, 2.24) is 20.7 Å². The summed E-state index contributed by atoms with van der Waals surface area (Å²) in [5.41, 5.74) is 9.77. The number of hydrogen-bond donors (Lipinski definition) is 3. The molecule has 0 bridgehead atoms. The maximum absolute atomic E-state index is 14.4. The smallest absolute Gasteiger partial charge is 0.275 e. The molecule has 0 saturated heterocycles. The first-order valence-corrected chi connectivity index (χ1v) is 17.0. The van der Waals surface area contributed by atoms with Crippen molar-refractivity contribution in [3.8, 4) is 16.9 Å². The van der Waals surface area contributed by atoms with Crippen LogP contribution in [-0.4, -0.2) is 46.7 Å². The molecule has 0 aliphatic rings. The van der Waals surface area contributed by atoms with Gasteiger partial charge in [0.25, 0.3) is 11.8 Å². The minimum Gasteiger partial charge on any atom is -0.379 e. The SMILES string of the molecule is Cc1cc(C)cc(C(=O)N(C)[C@H](Cc2ccc(-c3ccsc3)cc2)C(=O)N[C@@H](Cc2c[nH]c3ccccc23)C(=O)NOc2ccccc2)c1. The number of benzene rings is 4. The maximum atomic E-state index is 14.4. The number of hydrogen-bond acceptors (Lipinski definition) is 5. The van der Waals surface area contributed by atoms with Gasteiger partial charge >= 0.3 is 0 Å². The average Bonchev–Trinajstić information content (AvgIpc) is 3.80. The van der Waals surface area contributed by atoms with Crippen molar-refractivity contribution in [2.75, 3.05) is 7.05 Å². The minimum atomic E-state index is -1.01. The fraction of sp³-hybridized carbons (Fsp3) is 0.175. The Bertz CT molecular complexity index is 2040. The monoisotopic (exact) mass is 670 g/mol. The molecule has 0 saturated carbocycles. The average molecular weight is 671 g/mol. The highest BCUT2D eigenvalue weighted by molar-refractivity contribution is 7.08. The number of carbonyl (C=O) groups excluding carboxylic acids is 3. The number of nitrogens with one attached hydrogen (secondary N) is 3. The van der Waals surface area contributed by atoms with Crippen molar-refractivity contribution in [2.45, 2.75) is 38.8 Å². The fourth-order valence-electron chi connectivity index (χ4n) is 6.00. The van der Waals surface area contributed by atoms with Crippen molar-refractivity contribution >= 4 is 40.0 Å². The first-order valence-electron chi connectivity index (χ1n) is 16.1. The first-order chi connectivity index (χ1) is 23.7. The van der Waals surface area contributed by atoms with Crippen LogP contribution in [0, 0.1) is 13.8 Å². The van der Waals surface area contributed by atoms with Crippen LogP contribution in [0.2, 0.25) is 0 Å². The van der Waals surface area contributed by atoms with E-state index < -0.39 is 23.9 Å². The summed E-state index contributed by atoms with van der Waals surface area (Å²) in [4.78, 5) is 52.3. The number of aryl methyl sites for hydroxylation is 2. The van der Waals surface area contributed by atoms with Crippen molar-refractivity contribution < 1.29 is 19.2 Å². The molecule has 0 aliphatic carbocycles. The largest absolute Gasteiger partial charge is 0.379 e. The number of hydroxylamine groups is 1. The van der Waals surface area contributed by atoms with E-state index in [0.29, 0.717) is 11.3 Å². The number of rotatable bonds is 12. The molecule has 2 heterocycles. The third kappa shape index (κ3) is 8.08. The second kappa shape index (κ2) is 15.0. The molecule has 49 heavy (non-hydrogen) atoms. The Morgan fingerprint density at radius 2 is 1.53 bits per heavy atom. The summed E-state index contributed by atoms with van der Waals surface area (Å²) in [6.45, 7) is 3.88. The number of H-pyrrole nitrogens is 1. The van der Waals surface area contributed by atoms with Gasteiger partial charge in [-0.15, -0.1) is 0 Å². The molecule has 9 heteroatoms. The van der Waals surface area contributed by atoms with Crippen LogP contribution in [0.15, 0.2) is 120 Å². The molecule has 3 N–H and O–H groups in total. The van der Waals surface area contributed by atoms with E-state index in [9.17, 15) is 14.4 Å². The molecule has 3 amide bonds. The van der Waals surface area contributed by atoms with Crippen LogP contribution in [0.25, 0.3) is 22.0 Å². The van der Waals surface area contributed by atoms with E-state index in [0.717, 1.165) is 44.3 Å². The van der Waals surface area contributed by atoms with E-state index >= 15 is 0 Å². The molecule has 2 aromatic heterocycles. The number of para-hydroxylation sites is 2. The normalized spacial score (nSPS) is 12.2. The molecule has 6 aromatic rings. The topological polar surface area (TPSA) is 104 Å². The predicted octanol–water partition coefficient (Wildman–Crippen LogP) is 7.03. The Morgan fingerprint density at radius 1 is 0.816 bits per heavy atom. The highest BCUT2D eigenvalue weighted by Gasteiger charge is 2.32. The second-order valence-electron chi connectivity index (χ2n) is 12.2. The lowest BCUT2D eigenvalue weighted by Crippen LogP contribution is -2.55. The van der Waals surface area contributed by atoms with Crippen LogP contribution >= 0.6 is 11.3 Å². The van der Waals surface area contributed by atoms with Crippen LogP contribution in [0.1, 0.15) is 32.6 Å². The molecule has 8 nitrogen and oxygen atoms in total. The highest BCUT2D eigenvalue weighted by Crippen LogP contribution is 2.24. The van der Waals surface area contributed by atoms with Gasteiger partial charge in [0, 0.05) is 42.6 Å². The lowest BCUT2D eigenvalue weighted by molar-refractivity contribution is -0.134. The van der Waals surface area contributed by atoms with Gasteiger partial charge in [0.1, 0.15) is 12.1 Å². The Balaban J connectivity index is 1.29. The zero-order valence-electron chi connectivity index (χ0n) is 27.6. The van der Waals surface area contributed by atoms with Gasteiger partial charge in [0.05, 0.1) is 0 Å². The number of thiophene rings is 1. The number of likely N-dealkylation sites (N-methyl/N-ethyl adjacent to an activating group) is 1. The number of aromatic amines is 1. The second-order valence-corrected chi connectivity index (χ2v) is 13.0. The standard InChI is InChI=1S/C40H38N4O4S/c1-26-19-27(2)21-31(20-26)40(47)44(3)37(22-28-13-15-29(16-14-28)30-17-18-49-25-30)39(46)42-36(38(45)43-48-33-9-5-4-6-10-33)23-32-24-41-35-12-8-7-11-34(32)35/h4-21,24-25,36-37,41H,22-23H2,1-3H3,(H,42,46)(H,43,45)/t36-,37+/m0/s1. The summed E-state index contributed by atoms with van der Waals surface area (Å²) >= 11 is 1.63. The molecule has 6 rings (SSSR count). The van der Waals surface area contributed by atoms with Crippen molar-refractivity contribution in [3.05, 3.63) is 148 Å².